The standard InChI is InChI=1S/C19H20ClN3O3S/c20-14-3-6-17-16(11-14)19(18(24)22-17)7-9-23(10-8-19)12-13-1-4-15(5-2-13)27(21,25)26/h1-6,11H,7-10,12H2,(H,22,24)(H2,21,25,26). The predicted molar refractivity (Wildman–Crippen MR) is 104 cm³/mol. The molecule has 0 bridgehead atoms. The summed E-state index contributed by atoms with van der Waals surface area (Å²) in [6.45, 7) is 2.25. The normalized spacial score (nSPS) is 19.1. The van der Waals surface area contributed by atoms with Gasteiger partial charge >= 0.3 is 0 Å². The summed E-state index contributed by atoms with van der Waals surface area (Å²) in [6, 6.07) is 12.2. The first-order valence-electron chi connectivity index (χ1n) is 8.74. The van der Waals surface area contributed by atoms with Crippen molar-refractivity contribution in [2.75, 3.05) is 18.4 Å². The summed E-state index contributed by atoms with van der Waals surface area (Å²) in [5.41, 5.74) is 2.36. The van der Waals surface area contributed by atoms with E-state index in [1.54, 1.807) is 18.2 Å². The Morgan fingerprint density at radius 1 is 1.11 bits per heavy atom. The van der Waals surface area contributed by atoms with Crippen molar-refractivity contribution < 1.29 is 13.2 Å². The molecule has 2 heterocycles. The lowest BCUT2D eigenvalue weighted by Crippen LogP contribution is -2.46. The topological polar surface area (TPSA) is 92.5 Å². The number of amides is 1. The van der Waals surface area contributed by atoms with E-state index < -0.39 is 15.4 Å². The maximum absolute atomic E-state index is 12.7. The second-order valence-electron chi connectivity index (χ2n) is 7.19. The predicted octanol–water partition coefficient (Wildman–Crippen LogP) is 2.47. The maximum Gasteiger partial charge on any atom is 0.238 e. The highest BCUT2D eigenvalue weighted by Gasteiger charge is 2.48. The molecule has 0 saturated carbocycles. The first kappa shape index (κ1) is 18.4. The molecule has 1 fully saturated rings. The number of hydrogen-bond acceptors (Lipinski definition) is 4. The summed E-state index contributed by atoms with van der Waals surface area (Å²) in [4.78, 5) is 15.1. The van der Waals surface area contributed by atoms with Crippen molar-refractivity contribution in [2.24, 2.45) is 5.14 Å². The van der Waals surface area contributed by atoms with Gasteiger partial charge in [-0.15, -0.1) is 0 Å². The Morgan fingerprint density at radius 2 is 1.78 bits per heavy atom. The van der Waals surface area contributed by atoms with Gasteiger partial charge in [0.1, 0.15) is 0 Å². The first-order valence-corrected chi connectivity index (χ1v) is 10.7. The number of sulfonamides is 1. The zero-order chi connectivity index (χ0) is 19.2. The number of piperidine rings is 1. The molecule has 1 saturated heterocycles. The second-order valence-corrected chi connectivity index (χ2v) is 9.19. The van der Waals surface area contributed by atoms with Crippen molar-refractivity contribution in [3.63, 3.8) is 0 Å². The SMILES string of the molecule is NS(=O)(=O)c1ccc(CN2CCC3(CC2)C(=O)Nc2ccc(Cl)cc23)cc1. The second kappa shape index (κ2) is 6.60. The number of rotatable bonds is 3. The van der Waals surface area contributed by atoms with Crippen LogP contribution in [0.2, 0.25) is 5.02 Å². The van der Waals surface area contributed by atoms with Crippen LogP contribution in [0.15, 0.2) is 47.4 Å². The van der Waals surface area contributed by atoms with Gasteiger partial charge in [0.2, 0.25) is 15.9 Å². The number of carbonyl (C=O) groups is 1. The molecular weight excluding hydrogens is 386 g/mol. The molecule has 27 heavy (non-hydrogen) atoms. The molecular formula is C19H20ClN3O3S. The lowest BCUT2D eigenvalue weighted by Gasteiger charge is -2.38. The Hall–Kier alpha value is -1.93. The van der Waals surface area contributed by atoms with Gasteiger partial charge in [-0.2, -0.15) is 0 Å². The number of likely N-dealkylation sites (tertiary alicyclic amines) is 1. The summed E-state index contributed by atoms with van der Waals surface area (Å²) in [5, 5.41) is 8.76. The molecule has 8 heteroatoms. The van der Waals surface area contributed by atoms with E-state index in [1.165, 1.54) is 12.1 Å². The van der Waals surface area contributed by atoms with Crippen LogP contribution in [0.4, 0.5) is 5.69 Å². The fraction of sp³-hybridized carbons (Fsp3) is 0.316. The van der Waals surface area contributed by atoms with Crippen molar-refractivity contribution in [3.8, 4) is 0 Å². The van der Waals surface area contributed by atoms with Crippen LogP contribution in [0.3, 0.4) is 0 Å². The number of benzene rings is 2. The van der Waals surface area contributed by atoms with Gasteiger partial charge in [0.15, 0.2) is 0 Å². The van der Waals surface area contributed by atoms with Crippen LogP contribution >= 0.6 is 11.6 Å². The summed E-state index contributed by atoms with van der Waals surface area (Å²) < 4.78 is 22.7. The number of nitrogens with zero attached hydrogens (tertiary/aromatic N) is 1. The number of hydrogen-bond donors (Lipinski definition) is 2. The monoisotopic (exact) mass is 405 g/mol. The molecule has 1 amide bonds. The van der Waals surface area contributed by atoms with Crippen LogP contribution in [0, 0.1) is 0 Å². The highest BCUT2D eigenvalue weighted by Crippen LogP contribution is 2.45. The number of halogens is 1. The molecule has 142 valence electrons. The Bertz CT molecular complexity index is 997. The zero-order valence-electron chi connectivity index (χ0n) is 14.6. The van der Waals surface area contributed by atoms with Gasteiger partial charge < -0.3 is 5.32 Å². The molecule has 1 spiro atoms. The molecule has 2 aliphatic heterocycles. The van der Waals surface area contributed by atoms with Crippen LogP contribution in [0.25, 0.3) is 0 Å². The molecule has 2 aliphatic rings. The maximum atomic E-state index is 12.7. The number of nitrogens with two attached hydrogens (primary N) is 1. The first-order chi connectivity index (χ1) is 12.8. The van der Waals surface area contributed by atoms with Gasteiger partial charge in [0.25, 0.3) is 0 Å². The molecule has 4 rings (SSSR count). The highest BCUT2D eigenvalue weighted by molar-refractivity contribution is 7.89. The summed E-state index contributed by atoms with van der Waals surface area (Å²) in [7, 11) is -3.67. The number of carbonyl (C=O) groups excluding carboxylic acids is 1. The zero-order valence-corrected chi connectivity index (χ0v) is 16.2. The van der Waals surface area contributed by atoms with E-state index in [2.05, 4.69) is 10.2 Å². The van der Waals surface area contributed by atoms with E-state index in [9.17, 15) is 13.2 Å². The fourth-order valence-electron chi connectivity index (χ4n) is 4.02. The van der Waals surface area contributed by atoms with Crippen molar-refractivity contribution >= 4 is 33.2 Å². The average Bonchev–Trinajstić information content (AvgIpc) is 2.88. The lowest BCUT2D eigenvalue weighted by atomic mass is 9.73. The van der Waals surface area contributed by atoms with E-state index in [0.29, 0.717) is 11.6 Å². The Morgan fingerprint density at radius 3 is 2.41 bits per heavy atom. The van der Waals surface area contributed by atoms with E-state index in [4.69, 9.17) is 16.7 Å². The Kier molecular flexibility index (Phi) is 4.50. The van der Waals surface area contributed by atoms with Crippen LogP contribution in [0.1, 0.15) is 24.0 Å². The molecule has 0 unspecified atom stereocenters. The molecule has 2 aromatic carbocycles. The summed E-state index contributed by atoms with van der Waals surface area (Å²) >= 11 is 6.15. The van der Waals surface area contributed by atoms with Crippen molar-refractivity contribution in [1.82, 2.24) is 4.90 Å². The number of fused-ring (bicyclic) bond motifs is 2. The van der Waals surface area contributed by atoms with Crippen LogP contribution in [0.5, 0.6) is 0 Å². The van der Waals surface area contributed by atoms with E-state index in [0.717, 1.165) is 42.7 Å². The Labute approximate surface area is 163 Å². The van der Waals surface area contributed by atoms with Gasteiger partial charge in [-0.3, -0.25) is 9.69 Å². The third kappa shape index (κ3) is 3.36. The minimum absolute atomic E-state index is 0.0527. The third-order valence-electron chi connectivity index (χ3n) is 5.55. The lowest BCUT2D eigenvalue weighted by molar-refractivity contribution is -0.122. The third-order valence-corrected chi connectivity index (χ3v) is 6.71. The van der Waals surface area contributed by atoms with E-state index in [1.807, 2.05) is 12.1 Å². The fourth-order valence-corrected chi connectivity index (χ4v) is 4.71. The summed E-state index contributed by atoms with van der Waals surface area (Å²) in [6.07, 6.45) is 1.45. The van der Waals surface area contributed by atoms with E-state index >= 15 is 0 Å². The number of anilines is 1. The van der Waals surface area contributed by atoms with Crippen LogP contribution in [-0.2, 0) is 26.8 Å². The smallest absolute Gasteiger partial charge is 0.238 e. The molecule has 0 radical (unpaired) electrons. The van der Waals surface area contributed by atoms with Gasteiger partial charge in [-0.1, -0.05) is 23.7 Å². The minimum Gasteiger partial charge on any atom is -0.325 e. The molecule has 0 aromatic heterocycles. The number of primary sulfonamides is 1. The summed E-state index contributed by atoms with van der Waals surface area (Å²) in [5.74, 6) is 0.0527. The quantitative estimate of drug-likeness (QED) is 0.820. The van der Waals surface area contributed by atoms with Crippen molar-refractivity contribution in [2.45, 2.75) is 29.7 Å². The largest absolute Gasteiger partial charge is 0.325 e. The van der Waals surface area contributed by atoms with Gasteiger partial charge in [-0.25, -0.2) is 13.6 Å². The molecule has 3 N–H and O–H groups in total. The van der Waals surface area contributed by atoms with Gasteiger partial charge in [0.05, 0.1) is 10.3 Å². The Balaban J connectivity index is 1.47. The highest BCUT2D eigenvalue weighted by atomic mass is 35.5. The van der Waals surface area contributed by atoms with Crippen molar-refractivity contribution in [1.29, 1.82) is 0 Å². The average molecular weight is 406 g/mol. The van der Waals surface area contributed by atoms with Gasteiger partial charge in [0, 0.05) is 17.3 Å². The molecule has 2 aromatic rings. The number of nitrogens with one attached hydrogen (secondary N) is 1. The van der Waals surface area contributed by atoms with E-state index in [-0.39, 0.29) is 10.8 Å². The van der Waals surface area contributed by atoms with Crippen LogP contribution < -0.4 is 10.5 Å². The minimum atomic E-state index is -3.67. The van der Waals surface area contributed by atoms with Crippen molar-refractivity contribution in [3.05, 3.63) is 58.6 Å². The van der Waals surface area contributed by atoms with Crippen LogP contribution in [-0.4, -0.2) is 32.3 Å². The van der Waals surface area contributed by atoms with Gasteiger partial charge in [-0.05, 0) is 67.4 Å². The molecule has 0 atom stereocenters. The molecule has 6 nitrogen and oxygen atoms in total. The molecule has 0 aliphatic carbocycles.